The number of rotatable bonds is 7. The fraction of sp³-hybridized carbons (Fsp3) is 0.840. The fourth-order valence-electron chi connectivity index (χ4n) is 6.19. The molecule has 0 amide bonds. The zero-order valence-corrected chi connectivity index (χ0v) is 20.3. The summed E-state index contributed by atoms with van der Waals surface area (Å²) in [7, 11) is 0. The van der Waals surface area contributed by atoms with E-state index in [1.165, 1.54) is 0 Å². The van der Waals surface area contributed by atoms with Gasteiger partial charge in [0.2, 0.25) is 0 Å². The van der Waals surface area contributed by atoms with Gasteiger partial charge in [-0.1, -0.05) is 33.8 Å². The molecule has 0 unspecified atom stereocenters. The maximum atomic E-state index is 12.4. The number of aliphatic carboxylic acids is 1. The van der Waals surface area contributed by atoms with Crippen molar-refractivity contribution in [2.45, 2.75) is 105 Å². The summed E-state index contributed by atoms with van der Waals surface area (Å²) >= 11 is 0. The van der Waals surface area contributed by atoms with E-state index < -0.39 is 35.2 Å². The van der Waals surface area contributed by atoms with E-state index in [1.54, 1.807) is 26.8 Å². The molecule has 178 valence electrons. The van der Waals surface area contributed by atoms with Crippen LogP contribution in [0.2, 0.25) is 0 Å². The van der Waals surface area contributed by atoms with Gasteiger partial charge in [0.1, 0.15) is 5.60 Å². The minimum absolute atomic E-state index is 0.0311. The number of ether oxygens (including phenoxy) is 1. The maximum Gasteiger partial charge on any atom is 0.333 e. The van der Waals surface area contributed by atoms with E-state index in [9.17, 15) is 19.8 Å². The quantitative estimate of drug-likeness (QED) is 0.404. The Kier molecular flexibility index (Phi) is 7.69. The molecule has 2 rings (SSSR count). The Morgan fingerprint density at radius 2 is 1.87 bits per heavy atom. The summed E-state index contributed by atoms with van der Waals surface area (Å²) in [5.41, 5.74) is -1.62. The van der Waals surface area contributed by atoms with Crippen molar-refractivity contribution in [1.29, 1.82) is 0 Å². The Morgan fingerprint density at radius 3 is 2.42 bits per heavy atom. The van der Waals surface area contributed by atoms with E-state index in [1.807, 2.05) is 6.92 Å². The van der Waals surface area contributed by atoms with Gasteiger partial charge < -0.3 is 20.1 Å². The summed E-state index contributed by atoms with van der Waals surface area (Å²) in [6.07, 6.45) is 3.66. The van der Waals surface area contributed by atoms with Crippen LogP contribution in [0.3, 0.4) is 0 Å². The van der Waals surface area contributed by atoms with Crippen LogP contribution in [0.4, 0.5) is 0 Å². The van der Waals surface area contributed by atoms with Gasteiger partial charge in [-0.05, 0) is 76.0 Å². The molecule has 0 heterocycles. The summed E-state index contributed by atoms with van der Waals surface area (Å²) in [6.45, 7) is 13.6. The number of aliphatic hydroxyl groups is 2. The molecule has 0 aromatic heterocycles. The molecule has 8 atom stereocenters. The lowest BCUT2D eigenvalue weighted by Gasteiger charge is -2.65. The van der Waals surface area contributed by atoms with Crippen molar-refractivity contribution in [2.24, 2.45) is 28.6 Å². The molecule has 0 aromatic carbocycles. The first kappa shape index (κ1) is 25.9. The van der Waals surface area contributed by atoms with E-state index in [0.717, 1.165) is 25.7 Å². The van der Waals surface area contributed by atoms with Crippen molar-refractivity contribution in [3.05, 3.63) is 11.6 Å². The van der Waals surface area contributed by atoms with Crippen LogP contribution in [0, 0.1) is 28.6 Å². The predicted molar refractivity (Wildman–Crippen MR) is 119 cm³/mol. The Bertz CT molecular complexity index is 713. The second kappa shape index (κ2) is 9.22. The summed E-state index contributed by atoms with van der Waals surface area (Å²) in [5.74, 6) is -0.806. The SMILES string of the molecule is C/C=C(/C)C(=O)O[C@@H]1[C@H](O)C[C@@H]2[C@@](C)(CC[C@H](C)CC(=O)O)[C@H](C)CC[C@@]2(C)[C@@]1(C)O. The smallest absolute Gasteiger partial charge is 0.333 e. The predicted octanol–water partition coefficient (Wildman–Crippen LogP) is 4.33. The molecule has 3 N–H and O–H groups in total. The Balaban J connectivity index is 2.33. The number of esters is 1. The first-order valence-electron chi connectivity index (χ1n) is 11.7. The number of hydrogen-bond donors (Lipinski definition) is 3. The lowest BCUT2D eigenvalue weighted by Crippen LogP contribution is -2.69. The highest BCUT2D eigenvalue weighted by Gasteiger charge is 2.66. The largest absolute Gasteiger partial charge is 0.481 e. The van der Waals surface area contributed by atoms with Crippen LogP contribution < -0.4 is 0 Å². The Hall–Kier alpha value is -1.40. The van der Waals surface area contributed by atoms with Crippen molar-refractivity contribution in [3.63, 3.8) is 0 Å². The second-order valence-corrected chi connectivity index (χ2v) is 10.9. The molecule has 2 aliphatic rings. The van der Waals surface area contributed by atoms with Crippen LogP contribution >= 0.6 is 0 Å². The number of carbonyl (C=O) groups is 2. The van der Waals surface area contributed by atoms with Crippen molar-refractivity contribution in [3.8, 4) is 0 Å². The highest BCUT2D eigenvalue weighted by molar-refractivity contribution is 5.87. The molecule has 0 aliphatic heterocycles. The minimum atomic E-state index is -1.38. The summed E-state index contributed by atoms with van der Waals surface area (Å²) in [5, 5.41) is 31.9. The lowest BCUT2D eigenvalue weighted by molar-refractivity contribution is -0.269. The number of carboxylic acids is 1. The molecule has 2 aliphatic carbocycles. The molecule has 2 saturated carbocycles. The van der Waals surface area contributed by atoms with Gasteiger partial charge >= 0.3 is 11.9 Å². The first-order chi connectivity index (χ1) is 14.2. The lowest BCUT2D eigenvalue weighted by atomic mass is 9.42. The zero-order valence-electron chi connectivity index (χ0n) is 20.3. The molecule has 0 bridgehead atoms. The average molecular weight is 439 g/mol. The molecular formula is C25H42O6. The van der Waals surface area contributed by atoms with Crippen LogP contribution in [-0.4, -0.2) is 45.1 Å². The van der Waals surface area contributed by atoms with Gasteiger partial charge in [-0.15, -0.1) is 0 Å². The first-order valence-corrected chi connectivity index (χ1v) is 11.7. The van der Waals surface area contributed by atoms with Crippen LogP contribution in [-0.2, 0) is 14.3 Å². The van der Waals surface area contributed by atoms with Gasteiger partial charge in [0.05, 0.1) is 6.10 Å². The number of carbonyl (C=O) groups excluding carboxylic acids is 1. The van der Waals surface area contributed by atoms with Crippen molar-refractivity contribution < 1.29 is 29.6 Å². The summed E-state index contributed by atoms with van der Waals surface area (Å²) < 4.78 is 5.65. The van der Waals surface area contributed by atoms with E-state index in [2.05, 4.69) is 20.8 Å². The van der Waals surface area contributed by atoms with Crippen LogP contribution in [0.15, 0.2) is 11.6 Å². The van der Waals surface area contributed by atoms with Crippen LogP contribution in [0.1, 0.15) is 87.0 Å². The van der Waals surface area contributed by atoms with Crippen molar-refractivity contribution in [1.82, 2.24) is 0 Å². The van der Waals surface area contributed by atoms with Gasteiger partial charge in [0.15, 0.2) is 6.10 Å². The maximum absolute atomic E-state index is 12.4. The number of aliphatic hydroxyl groups excluding tert-OH is 1. The Morgan fingerprint density at radius 1 is 1.26 bits per heavy atom. The normalized spacial score (nSPS) is 41.9. The van der Waals surface area contributed by atoms with Gasteiger partial charge in [-0.25, -0.2) is 4.79 Å². The fourth-order valence-corrected chi connectivity index (χ4v) is 6.19. The molecule has 0 aromatic rings. The molecule has 6 heteroatoms. The van der Waals surface area contributed by atoms with Crippen molar-refractivity contribution in [2.75, 3.05) is 0 Å². The van der Waals surface area contributed by atoms with E-state index in [0.29, 0.717) is 17.9 Å². The average Bonchev–Trinajstić information content (AvgIpc) is 2.68. The van der Waals surface area contributed by atoms with E-state index in [4.69, 9.17) is 9.84 Å². The third-order valence-electron chi connectivity index (χ3n) is 9.01. The second-order valence-electron chi connectivity index (χ2n) is 10.9. The standard InChI is InChI=1S/C25H42O6/c1-8-16(3)22(29)31-21-18(26)14-19-23(5,11-9-15(2)13-20(27)28)17(4)10-12-24(19,6)25(21,7)30/h8,15,17-19,21,26,30H,9-14H2,1-7H3,(H,27,28)/b16-8-/t15-,17+,18+,19+,21+,23-,24+,25-/m0/s1. The van der Waals surface area contributed by atoms with Crippen molar-refractivity contribution >= 4 is 11.9 Å². The van der Waals surface area contributed by atoms with E-state index >= 15 is 0 Å². The zero-order chi connectivity index (χ0) is 23.8. The van der Waals surface area contributed by atoms with Gasteiger partial charge in [-0.3, -0.25) is 4.79 Å². The number of fused-ring (bicyclic) bond motifs is 1. The summed E-state index contributed by atoms with van der Waals surface area (Å²) in [4.78, 5) is 23.5. The molecule has 0 saturated heterocycles. The molecule has 2 fully saturated rings. The number of hydrogen-bond acceptors (Lipinski definition) is 5. The van der Waals surface area contributed by atoms with Crippen LogP contribution in [0.5, 0.6) is 0 Å². The third kappa shape index (κ3) is 4.70. The third-order valence-corrected chi connectivity index (χ3v) is 9.01. The van der Waals surface area contributed by atoms with Crippen LogP contribution in [0.25, 0.3) is 0 Å². The highest BCUT2D eigenvalue weighted by Crippen LogP contribution is 2.64. The van der Waals surface area contributed by atoms with Gasteiger partial charge in [-0.2, -0.15) is 0 Å². The summed E-state index contributed by atoms with van der Waals surface area (Å²) in [6, 6.07) is 0. The molecule has 0 spiro atoms. The topological polar surface area (TPSA) is 104 Å². The Labute approximate surface area is 187 Å². The number of carboxylic acid groups (broad SMARTS) is 1. The molecular weight excluding hydrogens is 396 g/mol. The molecule has 31 heavy (non-hydrogen) atoms. The highest BCUT2D eigenvalue weighted by atomic mass is 16.6. The van der Waals surface area contributed by atoms with Gasteiger partial charge in [0.25, 0.3) is 0 Å². The number of allylic oxidation sites excluding steroid dienone is 1. The van der Waals surface area contributed by atoms with Gasteiger partial charge in [0, 0.05) is 17.4 Å². The monoisotopic (exact) mass is 438 g/mol. The molecule has 0 radical (unpaired) electrons. The minimum Gasteiger partial charge on any atom is -0.481 e. The molecule has 6 nitrogen and oxygen atoms in total. The van der Waals surface area contributed by atoms with E-state index in [-0.39, 0.29) is 23.7 Å².